The number of esters is 1. The minimum atomic E-state index is -0.917. The number of aromatic nitrogens is 1. The molecule has 3 N–H and O–H groups in total. The smallest absolute Gasteiger partial charge is 0.331 e. The van der Waals surface area contributed by atoms with E-state index in [1.54, 1.807) is 5.38 Å². The lowest BCUT2D eigenvalue weighted by Gasteiger charge is -2.30. The van der Waals surface area contributed by atoms with Crippen LogP contribution in [0.25, 0.3) is 0 Å². The number of nitrogens with zero attached hydrogens (tertiary/aromatic N) is 1. The largest absolute Gasteiger partial charge is 0.467 e. The Morgan fingerprint density at radius 2 is 2.05 bits per heavy atom. The molecule has 22 heavy (non-hydrogen) atoms. The van der Waals surface area contributed by atoms with Gasteiger partial charge in [-0.1, -0.05) is 25.7 Å². The number of hydrogen-bond donors (Lipinski definition) is 2. The third kappa shape index (κ3) is 3.84. The Bertz CT molecular complexity index is 522. The van der Waals surface area contributed by atoms with Gasteiger partial charge in [0.2, 0.25) is 0 Å². The fraction of sp³-hybridized carbons (Fsp3) is 0.667. The molecule has 6 nitrogen and oxygen atoms in total. The number of rotatable bonds is 5. The number of amides is 1. The van der Waals surface area contributed by atoms with Crippen LogP contribution >= 0.6 is 11.3 Å². The van der Waals surface area contributed by atoms with E-state index in [2.05, 4.69) is 10.3 Å². The van der Waals surface area contributed by atoms with Crippen molar-refractivity contribution in [2.24, 2.45) is 5.73 Å². The van der Waals surface area contributed by atoms with Crippen LogP contribution in [0.3, 0.4) is 0 Å². The topological polar surface area (TPSA) is 94.3 Å². The summed E-state index contributed by atoms with van der Waals surface area (Å²) in [5.74, 6) is -0.674. The standard InChI is InChI=1S/C15H23N3O3S/c1-21-14(20)15(7-4-2-3-5-8-15)18-13(19)11-10-22-12(17-11)6-9-16/h10H,2-9,16H2,1H3,(H,18,19). The Labute approximate surface area is 134 Å². The highest BCUT2D eigenvalue weighted by Gasteiger charge is 2.41. The number of thiazole rings is 1. The zero-order valence-corrected chi connectivity index (χ0v) is 13.7. The first-order valence-electron chi connectivity index (χ1n) is 7.67. The van der Waals surface area contributed by atoms with E-state index in [-0.39, 0.29) is 11.9 Å². The first-order chi connectivity index (χ1) is 10.6. The molecule has 0 radical (unpaired) electrons. The van der Waals surface area contributed by atoms with Crippen LogP contribution in [0.15, 0.2) is 5.38 Å². The Balaban J connectivity index is 2.14. The van der Waals surface area contributed by atoms with Crippen LogP contribution < -0.4 is 11.1 Å². The minimum absolute atomic E-state index is 0.313. The van der Waals surface area contributed by atoms with Crippen LogP contribution in [0.5, 0.6) is 0 Å². The summed E-state index contributed by atoms with van der Waals surface area (Å²) < 4.78 is 4.94. The molecule has 0 bridgehead atoms. The number of methoxy groups -OCH3 is 1. The van der Waals surface area contributed by atoms with Crippen LogP contribution in [0, 0.1) is 0 Å². The number of carbonyl (C=O) groups is 2. The molecule has 1 amide bonds. The Kier molecular flexibility index (Phi) is 5.90. The van der Waals surface area contributed by atoms with Gasteiger partial charge in [0.25, 0.3) is 5.91 Å². The Morgan fingerprint density at radius 1 is 1.36 bits per heavy atom. The molecule has 1 aliphatic rings. The highest BCUT2D eigenvalue weighted by Crippen LogP contribution is 2.29. The summed E-state index contributed by atoms with van der Waals surface area (Å²) in [5.41, 5.74) is 4.93. The van der Waals surface area contributed by atoms with Gasteiger partial charge >= 0.3 is 5.97 Å². The molecule has 0 aromatic carbocycles. The second-order valence-electron chi connectivity index (χ2n) is 5.61. The normalized spacial score (nSPS) is 17.5. The highest BCUT2D eigenvalue weighted by atomic mass is 32.1. The molecule has 0 unspecified atom stereocenters. The van der Waals surface area contributed by atoms with Crippen molar-refractivity contribution < 1.29 is 14.3 Å². The summed E-state index contributed by atoms with van der Waals surface area (Å²) in [5, 5.41) is 5.44. The zero-order valence-electron chi connectivity index (χ0n) is 12.9. The Morgan fingerprint density at radius 3 is 2.64 bits per heavy atom. The monoisotopic (exact) mass is 325 g/mol. The minimum Gasteiger partial charge on any atom is -0.467 e. The van der Waals surface area contributed by atoms with Gasteiger partial charge in [-0.05, 0) is 19.4 Å². The van der Waals surface area contributed by atoms with Crippen LogP contribution in [0.2, 0.25) is 0 Å². The van der Waals surface area contributed by atoms with Crippen molar-refractivity contribution in [1.82, 2.24) is 10.3 Å². The van der Waals surface area contributed by atoms with E-state index in [0.717, 1.165) is 30.7 Å². The number of ether oxygens (including phenoxy) is 1. The van der Waals surface area contributed by atoms with E-state index in [0.29, 0.717) is 31.5 Å². The van der Waals surface area contributed by atoms with Crippen LogP contribution in [-0.4, -0.2) is 36.1 Å². The highest BCUT2D eigenvalue weighted by molar-refractivity contribution is 7.09. The molecular weight excluding hydrogens is 302 g/mol. The summed E-state index contributed by atoms with van der Waals surface area (Å²) in [7, 11) is 1.36. The maximum atomic E-state index is 12.5. The number of nitrogens with one attached hydrogen (secondary N) is 1. The fourth-order valence-corrected chi connectivity index (χ4v) is 3.64. The average molecular weight is 325 g/mol. The second kappa shape index (κ2) is 7.69. The first-order valence-corrected chi connectivity index (χ1v) is 8.54. The number of hydrogen-bond acceptors (Lipinski definition) is 6. The number of nitrogens with two attached hydrogens (primary N) is 1. The predicted octanol–water partition coefficient (Wildman–Crippen LogP) is 1.64. The molecule has 7 heteroatoms. The fourth-order valence-electron chi connectivity index (χ4n) is 2.84. The maximum absolute atomic E-state index is 12.5. The van der Waals surface area contributed by atoms with Crippen LogP contribution in [0.4, 0.5) is 0 Å². The molecule has 1 aliphatic carbocycles. The van der Waals surface area contributed by atoms with Gasteiger partial charge in [0, 0.05) is 11.8 Å². The van der Waals surface area contributed by atoms with E-state index in [4.69, 9.17) is 10.5 Å². The van der Waals surface area contributed by atoms with E-state index in [1.165, 1.54) is 18.4 Å². The van der Waals surface area contributed by atoms with Crippen molar-refractivity contribution >= 4 is 23.2 Å². The van der Waals surface area contributed by atoms with Crippen LogP contribution in [0.1, 0.15) is 54.0 Å². The predicted molar refractivity (Wildman–Crippen MR) is 84.8 cm³/mol. The molecule has 1 saturated carbocycles. The molecular formula is C15H23N3O3S. The Hall–Kier alpha value is -1.47. The van der Waals surface area contributed by atoms with E-state index >= 15 is 0 Å². The van der Waals surface area contributed by atoms with Crippen molar-refractivity contribution in [2.45, 2.75) is 50.5 Å². The van der Waals surface area contributed by atoms with Crippen molar-refractivity contribution in [3.05, 3.63) is 16.1 Å². The van der Waals surface area contributed by atoms with Gasteiger partial charge < -0.3 is 15.8 Å². The van der Waals surface area contributed by atoms with Crippen molar-refractivity contribution in [1.29, 1.82) is 0 Å². The van der Waals surface area contributed by atoms with Crippen molar-refractivity contribution in [3.63, 3.8) is 0 Å². The van der Waals surface area contributed by atoms with Gasteiger partial charge in [-0.25, -0.2) is 9.78 Å². The molecule has 1 heterocycles. The lowest BCUT2D eigenvalue weighted by molar-refractivity contribution is -0.148. The van der Waals surface area contributed by atoms with Gasteiger partial charge in [-0.15, -0.1) is 11.3 Å². The third-order valence-corrected chi connectivity index (χ3v) is 4.94. The van der Waals surface area contributed by atoms with Crippen LogP contribution in [-0.2, 0) is 16.0 Å². The van der Waals surface area contributed by atoms with Gasteiger partial charge in [0.05, 0.1) is 12.1 Å². The van der Waals surface area contributed by atoms with E-state index < -0.39 is 5.54 Å². The van der Waals surface area contributed by atoms with Crippen molar-refractivity contribution in [2.75, 3.05) is 13.7 Å². The van der Waals surface area contributed by atoms with Gasteiger partial charge in [0.15, 0.2) is 0 Å². The van der Waals surface area contributed by atoms with Gasteiger partial charge in [-0.3, -0.25) is 4.79 Å². The molecule has 1 fully saturated rings. The molecule has 122 valence electrons. The maximum Gasteiger partial charge on any atom is 0.331 e. The summed E-state index contributed by atoms with van der Waals surface area (Å²) >= 11 is 1.41. The first kappa shape index (κ1) is 16.9. The quantitative estimate of drug-likeness (QED) is 0.634. The third-order valence-electron chi connectivity index (χ3n) is 4.03. The summed E-state index contributed by atoms with van der Waals surface area (Å²) in [6.07, 6.45) is 5.85. The lowest BCUT2D eigenvalue weighted by Crippen LogP contribution is -2.54. The van der Waals surface area contributed by atoms with E-state index in [1.807, 2.05) is 0 Å². The number of carbonyl (C=O) groups excluding carboxylic acids is 2. The van der Waals surface area contributed by atoms with E-state index in [9.17, 15) is 9.59 Å². The summed E-state index contributed by atoms with van der Waals surface area (Å²) in [6, 6.07) is 0. The lowest BCUT2D eigenvalue weighted by atomic mass is 9.90. The molecule has 0 saturated heterocycles. The summed E-state index contributed by atoms with van der Waals surface area (Å²) in [6.45, 7) is 0.501. The van der Waals surface area contributed by atoms with Gasteiger partial charge in [0.1, 0.15) is 11.2 Å². The molecule has 1 aromatic heterocycles. The second-order valence-corrected chi connectivity index (χ2v) is 6.55. The summed E-state index contributed by atoms with van der Waals surface area (Å²) in [4.78, 5) is 29.0. The van der Waals surface area contributed by atoms with Gasteiger partial charge in [-0.2, -0.15) is 0 Å². The zero-order chi connectivity index (χ0) is 16.0. The SMILES string of the molecule is COC(=O)C1(NC(=O)c2csc(CCN)n2)CCCCCC1. The molecule has 2 rings (SSSR count). The molecule has 0 spiro atoms. The molecule has 0 aliphatic heterocycles. The van der Waals surface area contributed by atoms with Crippen molar-refractivity contribution in [3.8, 4) is 0 Å². The average Bonchev–Trinajstić information content (AvgIpc) is 2.86. The molecule has 0 atom stereocenters. The molecule has 1 aromatic rings.